The molecule has 7 nitrogen and oxygen atoms in total. The zero-order chi connectivity index (χ0) is 20.5. The maximum atomic E-state index is 12.5. The van der Waals surface area contributed by atoms with Crippen LogP contribution in [0.2, 0.25) is 5.02 Å². The summed E-state index contributed by atoms with van der Waals surface area (Å²) in [5.74, 6) is -0.216. The first kappa shape index (κ1) is 19.3. The number of hydrogen-bond acceptors (Lipinski definition) is 5. The van der Waals surface area contributed by atoms with E-state index in [4.69, 9.17) is 16.0 Å². The Morgan fingerprint density at radius 2 is 1.93 bits per heavy atom. The molecule has 1 aromatic heterocycles. The third-order valence-electron chi connectivity index (χ3n) is 4.15. The van der Waals surface area contributed by atoms with Gasteiger partial charge in [0.25, 0.3) is 11.6 Å². The van der Waals surface area contributed by atoms with Crippen molar-refractivity contribution in [3.05, 3.63) is 84.9 Å². The van der Waals surface area contributed by atoms with E-state index in [1.165, 1.54) is 18.2 Å². The third kappa shape index (κ3) is 3.94. The van der Waals surface area contributed by atoms with E-state index >= 15 is 0 Å². The maximum absolute atomic E-state index is 12.5. The first-order valence-electron chi connectivity index (χ1n) is 8.33. The van der Waals surface area contributed by atoms with E-state index in [1.807, 2.05) is 12.1 Å². The molecular weight excluding hydrogens is 509 g/mol. The quantitative estimate of drug-likeness (QED) is 0.205. The van der Waals surface area contributed by atoms with Gasteiger partial charge in [0, 0.05) is 15.3 Å². The number of halogens is 2. The molecule has 144 valence electrons. The van der Waals surface area contributed by atoms with E-state index in [1.54, 1.807) is 30.3 Å². The molecule has 0 unspecified atom stereocenters. The van der Waals surface area contributed by atoms with Crippen molar-refractivity contribution in [1.29, 1.82) is 0 Å². The molecule has 1 amide bonds. The predicted molar refractivity (Wildman–Crippen MR) is 118 cm³/mol. The fraction of sp³-hybridized carbons (Fsp3) is 0. The number of fused-ring (bicyclic) bond motifs is 1. The van der Waals surface area contributed by atoms with Crippen LogP contribution in [0.25, 0.3) is 22.6 Å². The largest absolute Gasteiger partial charge is 0.436 e. The van der Waals surface area contributed by atoms with Crippen LogP contribution in [0.5, 0.6) is 0 Å². The Balaban J connectivity index is 1.66. The third-order valence-corrected chi connectivity index (χ3v) is 5.15. The van der Waals surface area contributed by atoms with Gasteiger partial charge in [-0.1, -0.05) is 23.7 Å². The molecule has 0 aliphatic heterocycles. The molecule has 1 N–H and O–H groups in total. The highest BCUT2D eigenvalue weighted by Gasteiger charge is 2.20. The van der Waals surface area contributed by atoms with Crippen molar-refractivity contribution in [2.24, 2.45) is 0 Å². The van der Waals surface area contributed by atoms with Gasteiger partial charge < -0.3 is 9.73 Å². The van der Waals surface area contributed by atoms with Gasteiger partial charge >= 0.3 is 0 Å². The second kappa shape index (κ2) is 7.80. The molecule has 0 aliphatic carbocycles. The zero-order valence-corrected chi connectivity index (χ0v) is 17.5. The molecule has 0 fully saturated rings. The lowest BCUT2D eigenvalue weighted by molar-refractivity contribution is -0.385. The lowest BCUT2D eigenvalue weighted by atomic mass is 10.1. The van der Waals surface area contributed by atoms with Gasteiger partial charge in [0.05, 0.1) is 15.5 Å². The number of aromatic nitrogens is 1. The molecule has 0 radical (unpaired) electrons. The van der Waals surface area contributed by atoms with Crippen LogP contribution in [0.15, 0.2) is 65.1 Å². The average Bonchev–Trinajstić information content (AvgIpc) is 3.13. The number of nitrogens with one attached hydrogen (secondary N) is 1. The van der Waals surface area contributed by atoms with Crippen LogP contribution in [-0.2, 0) is 0 Å². The lowest BCUT2D eigenvalue weighted by Crippen LogP contribution is -2.13. The van der Waals surface area contributed by atoms with Crippen LogP contribution in [0.3, 0.4) is 0 Å². The number of rotatable bonds is 4. The number of nitrogens with zero attached hydrogens (tertiary/aromatic N) is 2. The Hall–Kier alpha value is -2.98. The van der Waals surface area contributed by atoms with E-state index in [2.05, 4.69) is 32.9 Å². The van der Waals surface area contributed by atoms with E-state index in [9.17, 15) is 14.9 Å². The van der Waals surface area contributed by atoms with Crippen LogP contribution in [-0.4, -0.2) is 15.8 Å². The highest BCUT2D eigenvalue weighted by molar-refractivity contribution is 14.1. The van der Waals surface area contributed by atoms with Gasteiger partial charge in [0.2, 0.25) is 5.89 Å². The van der Waals surface area contributed by atoms with Crippen molar-refractivity contribution in [2.45, 2.75) is 0 Å². The van der Waals surface area contributed by atoms with Crippen LogP contribution in [0, 0.1) is 13.7 Å². The molecular formula is C20H11ClIN3O4. The number of anilines is 1. The summed E-state index contributed by atoms with van der Waals surface area (Å²) < 4.78 is 6.77. The standard InChI is InChI=1S/C20H11ClIN3O4/c21-15-7-5-11(22)9-14(15)20-24-16-10-12(6-8-18(16)29-20)23-19(26)13-3-1-2-4-17(13)25(27)28/h1-10H,(H,23,26). The van der Waals surface area contributed by atoms with Gasteiger partial charge in [-0.25, -0.2) is 4.98 Å². The molecule has 0 aliphatic rings. The first-order chi connectivity index (χ1) is 13.9. The predicted octanol–water partition coefficient (Wildman–Crippen LogP) is 5.91. The van der Waals surface area contributed by atoms with E-state index in [0.29, 0.717) is 33.3 Å². The van der Waals surface area contributed by atoms with E-state index in [0.717, 1.165) is 3.57 Å². The summed E-state index contributed by atoms with van der Waals surface area (Å²) in [5, 5.41) is 14.3. The van der Waals surface area contributed by atoms with Gasteiger partial charge in [0.1, 0.15) is 11.1 Å². The van der Waals surface area contributed by atoms with Crippen molar-refractivity contribution in [1.82, 2.24) is 4.98 Å². The topological polar surface area (TPSA) is 98.3 Å². The SMILES string of the molecule is O=C(Nc1ccc2oc(-c3cc(I)ccc3Cl)nc2c1)c1ccccc1[N+](=O)[O-]. The Labute approximate surface area is 183 Å². The number of benzene rings is 3. The van der Waals surface area contributed by atoms with Crippen molar-refractivity contribution in [3.63, 3.8) is 0 Å². The Morgan fingerprint density at radius 1 is 1.14 bits per heavy atom. The fourth-order valence-corrected chi connectivity index (χ4v) is 3.49. The van der Waals surface area contributed by atoms with Crippen LogP contribution in [0.1, 0.15) is 10.4 Å². The van der Waals surface area contributed by atoms with Crippen LogP contribution >= 0.6 is 34.2 Å². The zero-order valence-electron chi connectivity index (χ0n) is 14.6. The van der Waals surface area contributed by atoms with Crippen molar-refractivity contribution in [2.75, 3.05) is 5.32 Å². The number of carbonyl (C=O) groups is 1. The van der Waals surface area contributed by atoms with Gasteiger partial charge in [0.15, 0.2) is 5.58 Å². The molecule has 3 aromatic carbocycles. The number of para-hydroxylation sites is 1. The number of oxazole rings is 1. The molecule has 1 heterocycles. The van der Waals surface area contributed by atoms with E-state index < -0.39 is 10.8 Å². The summed E-state index contributed by atoms with van der Waals surface area (Å²) >= 11 is 8.43. The molecule has 0 atom stereocenters. The maximum Gasteiger partial charge on any atom is 0.282 e. The minimum Gasteiger partial charge on any atom is -0.436 e. The number of nitro groups is 1. The van der Waals surface area contributed by atoms with Crippen molar-refractivity contribution < 1.29 is 14.1 Å². The summed E-state index contributed by atoms with van der Waals surface area (Å²) in [7, 11) is 0. The lowest BCUT2D eigenvalue weighted by Gasteiger charge is -2.05. The highest BCUT2D eigenvalue weighted by Crippen LogP contribution is 2.32. The minimum atomic E-state index is -0.590. The van der Waals surface area contributed by atoms with E-state index in [-0.39, 0.29) is 11.3 Å². The summed E-state index contributed by atoms with van der Waals surface area (Å²) in [4.78, 5) is 27.5. The number of hydrogen-bond donors (Lipinski definition) is 1. The molecule has 0 saturated heterocycles. The summed E-state index contributed by atoms with van der Waals surface area (Å²) in [5.41, 5.74) is 1.87. The molecule has 0 bridgehead atoms. The van der Waals surface area contributed by atoms with Gasteiger partial charge in [-0.3, -0.25) is 14.9 Å². The molecule has 29 heavy (non-hydrogen) atoms. The second-order valence-electron chi connectivity index (χ2n) is 6.05. The smallest absolute Gasteiger partial charge is 0.282 e. The monoisotopic (exact) mass is 519 g/mol. The molecule has 4 aromatic rings. The Morgan fingerprint density at radius 3 is 2.72 bits per heavy atom. The molecule has 9 heteroatoms. The van der Waals surface area contributed by atoms with Crippen molar-refractivity contribution in [3.8, 4) is 11.5 Å². The molecule has 4 rings (SSSR count). The molecule has 0 saturated carbocycles. The molecule has 0 spiro atoms. The Kier molecular flexibility index (Phi) is 5.20. The summed E-state index contributed by atoms with van der Waals surface area (Å²) in [6.07, 6.45) is 0. The summed E-state index contributed by atoms with van der Waals surface area (Å²) in [6.45, 7) is 0. The number of amides is 1. The van der Waals surface area contributed by atoms with Gasteiger partial charge in [-0.05, 0) is 65.1 Å². The minimum absolute atomic E-state index is 0.0240. The average molecular weight is 520 g/mol. The first-order valence-corrected chi connectivity index (χ1v) is 9.79. The second-order valence-corrected chi connectivity index (χ2v) is 7.71. The normalized spacial score (nSPS) is 10.8. The van der Waals surface area contributed by atoms with Crippen LogP contribution in [0.4, 0.5) is 11.4 Å². The van der Waals surface area contributed by atoms with Gasteiger partial charge in [-0.2, -0.15) is 0 Å². The summed E-state index contributed by atoms with van der Waals surface area (Å²) in [6, 6.07) is 16.2. The fourth-order valence-electron chi connectivity index (χ4n) is 2.81. The van der Waals surface area contributed by atoms with Crippen molar-refractivity contribution >= 4 is 62.6 Å². The van der Waals surface area contributed by atoms with Gasteiger partial charge in [-0.15, -0.1) is 0 Å². The number of nitro benzene ring substituents is 1. The van der Waals surface area contributed by atoms with Crippen LogP contribution < -0.4 is 5.32 Å². The highest BCUT2D eigenvalue weighted by atomic mass is 127. The number of carbonyl (C=O) groups excluding carboxylic acids is 1. The Bertz CT molecular complexity index is 1270.